The Hall–Kier alpha value is -0.710. The van der Waals surface area contributed by atoms with Gasteiger partial charge >= 0.3 is 0 Å². The number of nitrogens with one attached hydrogen (secondary N) is 1. The number of aryl methyl sites for hydroxylation is 1. The first-order valence-electron chi connectivity index (χ1n) is 6.77. The van der Waals surface area contributed by atoms with E-state index in [0.29, 0.717) is 0 Å². The van der Waals surface area contributed by atoms with Crippen LogP contribution in [0.3, 0.4) is 0 Å². The third kappa shape index (κ3) is 6.85. The highest BCUT2D eigenvalue weighted by Gasteiger charge is 2.04. The molecule has 0 bridgehead atoms. The van der Waals surface area contributed by atoms with Crippen LogP contribution in [0.4, 0.5) is 0 Å². The maximum atomic E-state index is 5.86. The first-order valence-corrected chi connectivity index (χ1v) is 7.93. The topological polar surface area (TPSA) is 30.5 Å². The summed E-state index contributed by atoms with van der Waals surface area (Å²) in [4.78, 5) is 0. The molecular formula is C15H25NO2S. The highest BCUT2D eigenvalue weighted by Crippen LogP contribution is 2.20. The molecule has 0 atom stereocenters. The summed E-state index contributed by atoms with van der Waals surface area (Å²) in [7, 11) is 1.72. The van der Waals surface area contributed by atoms with Gasteiger partial charge in [-0.3, -0.25) is 0 Å². The summed E-state index contributed by atoms with van der Waals surface area (Å²) >= 11 is 1.90. The van der Waals surface area contributed by atoms with Crippen LogP contribution in [0.25, 0.3) is 0 Å². The van der Waals surface area contributed by atoms with Gasteiger partial charge in [0.1, 0.15) is 5.75 Å². The summed E-state index contributed by atoms with van der Waals surface area (Å²) in [5.74, 6) is 3.18. The molecule has 0 aliphatic rings. The van der Waals surface area contributed by atoms with Crippen LogP contribution in [0, 0.1) is 6.92 Å². The molecule has 0 saturated carbocycles. The zero-order chi connectivity index (χ0) is 13.9. The van der Waals surface area contributed by atoms with Gasteiger partial charge in [-0.15, -0.1) is 0 Å². The highest BCUT2D eigenvalue weighted by atomic mass is 32.2. The molecule has 0 spiro atoms. The zero-order valence-corrected chi connectivity index (χ0v) is 13.0. The number of rotatable bonds is 10. The molecule has 0 radical (unpaired) electrons. The lowest BCUT2D eigenvalue weighted by molar-refractivity contribution is 0.199. The Kier molecular flexibility index (Phi) is 8.71. The standard InChI is InChI=1S/C15H25NO2S/c1-4-19-10-9-18-15-6-5-13(2)11-14(15)12-16-7-8-17-3/h5-6,11,16H,4,7-10,12H2,1-3H3. The predicted molar refractivity (Wildman–Crippen MR) is 83.3 cm³/mol. The van der Waals surface area contributed by atoms with E-state index in [2.05, 4.69) is 37.4 Å². The molecule has 4 heteroatoms. The van der Waals surface area contributed by atoms with Crippen LogP contribution in [0.5, 0.6) is 5.75 Å². The van der Waals surface area contributed by atoms with Crippen molar-refractivity contribution in [2.75, 3.05) is 38.4 Å². The van der Waals surface area contributed by atoms with Gasteiger partial charge in [0, 0.05) is 31.5 Å². The number of methoxy groups -OCH3 is 1. The normalized spacial score (nSPS) is 10.7. The molecule has 1 rings (SSSR count). The lowest BCUT2D eigenvalue weighted by Crippen LogP contribution is -2.19. The fraction of sp³-hybridized carbons (Fsp3) is 0.600. The number of thioether (sulfide) groups is 1. The molecule has 3 nitrogen and oxygen atoms in total. The summed E-state index contributed by atoms with van der Waals surface area (Å²) in [5, 5.41) is 3.36. The van der Waals surface area contributed by atoms with E-state index in [1.807, 2.05) is 11.8 Å². The molecule has 1 N–H and O–H groups in total. The molecule has 0 unspecified atom stereocenters. The van der Waals surface area contributed by atoms with Crippen molar-refractivity contribution in [2.45, 2.75) is 20.4 Å². The minimum atomic E-state index is 0.731. The fourth-order valence-electron chi connectivity index (χ4n) is 1.74. The van der Waals surface area contributed by atoms with Crippen molar-refractivity contribution >= 4 is 11.8 Å². The largest absolute Gasteiger partial charge is 0.492 e. The molecule has 1 aromatic rings. The van der Waals surface area contributed by atoms with Crippen molar-refractivity contribution in [1.82, 2.24) is 5.32 Å². The Labute approximate surface area is 121 Å². The van der Waals surface area contributed by atoms with Gasteiger partial charge in [0.05, 0.1) is 13.2 Å². The summed E-state index contributed by atoms with van der Waals surface area (Å²) in [6.45, 7) is 7.45. The summed E-state index contributed by atoms with van der Waals surface area (Å²) in [6.07, 6.45) is 0. The Morgan fingerprint density at radius 3 is 2.84 bits per heavy atom. The molecule has 0 aliphatic heterocycles. The predicted octanol–water partition coefficient (Wildman–Crippen LogP) is 2.86. The molecule has 0 amide bonds. The molecule has 19 heavy (non-hydrogen) atoms. The van der Waals surface area contributed by atoms with Crippen LogP contribution in [-0.2, 0) is 11.3 Å². The third-order valence-corrected chi connectivity index (χ3v) is 3.57. The molecule has 0 aliphatic carbocycles. The molecule has 0 aromatic heterocycles. The molecule has 0 fully saturated rings. The van der Waals surface area contributed by atoms with Gasteiger partial charge in [0.2, 0.25) is 0 Å². The monoisotopic (exact) mass is 283 g/mol. The van der Waals surface area contributed by atoms with Gasteiger partial charge in [-0.25, -0.2) is 0 Å². The van der Waals surface area contributed by atoms with Crippen LogP contribution >= 0.6 is 11.8 Å². The average Bonchev–Trinajstić information content (AvgIpc) is 2.41. The molecule has 108 valence electrons. The van der Waals surface area contributed by atoms with E-state index in [9.17, 15) is 0 Å². The van der Waals surface area contributed by atoms with E-state index in [0.717, 1.165) is 43.6 Å². The fourth-order valence-corrected chi connectivity index (χ4v) is 2.23. The maximum absolute atomic E-state index is 5.86. The summed E-state index contributed by atoms with van der Waals surface area (Å²) in [5.41, 5.74) is 2.48. The Bertz CT molecular complexity index is 358. The van der Waals surface area contributed by atoms with E-state index in [1.54, 1.807) is 7.11 Å². The van der Waals surface area contributed by atoms with E-state index < -0.39 is 0 Å². The highest BCUT2D eigenvalue weighted by molar-refractivity contribution is 7.99. The summed E-state index contributed by atoms with van der Waals surface area (Å²) < 4.78 is 10.9. The minimum absolute atomic E-state index is 0.731. The molecule has 0 heterocycles. The van der Waals surface area contributed by atoms with Gasteiger partial charge in [-0.1, -0.05) is 24.6 Å². The van der Waals surface area contributed by atoms with Gasteiger partial charge in [0.15, 0.2) is 0 Å². The van der Waals surface area contributed by atoms with E-state index >= 15 is 0 Å². The number of hydrogen-bond acceptors (Lipinski definition) is 4. The lowest BCUT2D eigenvalue weighted by Gasteiger charge is -2.13. The van der Waals surface area contributed by atoms with Crippen LogP contribution in [0.2, 0.25) is 0 Å². The van der Waals surface area contributed by atoms with E-state index in [4.69, 9.17) is 9.47 Å². The second-order valence-corrected chi connectivity index (χ2v) is 5.72. The van der Waals surface area contributed by atoms with Crippen molar-refractivity contribution in [3.05, 3.63) is 29.3 Å². The van der Waals surface area contributed by atoms with Gasteiger partial charge in [-0.2, -0.15) is 11.8 Å². The SMILES string of the molecule is CCSCCOc1ccc(C)cc1CNCCOC. The maximum Gasteiger partial charge on any atom is 0.123 e. The Morgan fingerprint density at radius 2 is 2.11 bits per heavy atom. The molecular weight excluding hydrogens is 258 g/mol. The van der Waals surface area contributed by atoms with E-state index in [-0.39, 0.29) is 0 Å². The number of benzene rings is 1. The van der Waals surface area contributed by atoms with Gasteiger partial charge in [0.25, 0.3) is 0 Å². The smallest absolute Gasteiger partial charge is 0.123 e. The van der Waals surface area contributed by atoms with Gasteiger partial charge in [-0.05, 0) is 18.7 Å². The van der Waals surface area contributed by atoms with Crippen molar-refractivity contribution in [3.63, 3.8) is 0 Å². The minimum Gasteiger partial charge on any atom is -0.492 e. The second kappa shape index (κ2) is 10.1. The Balaban J connectivity index is 2.48. The lowest BCUT2D eigenvalue weighted by atomic mass is 10.1. The van der Waals surface area contributed by atoms with Crippen molar-refractivity contribution in [2.24, 2.45) is 0 Å². The van der Waals surface area contributed by atoms with Crippen molar-refractivity contribution in [1.29, 1.82) is 0 Å². The van der Waals surface area contributed by atoms with Crippen molar-refractivity contribution < 1.29 is 9.47 Å². The zero-order valence-electron chi connectivity index (χ0n) is 12.2. The first kappa shape index (κ1) is 16.3. The van der Waals surface area contributed by atoms with Gasteiger partial charge < -0.3 is 14.8 Å². The quantitative estimate of drug-likeness (QED) is 0.669. The van der Waals surface area contributed by atoms with Crippen LogP contribution < -0.4 is 10.1 Å². The third-order valence-electron chi connectivity index (χ3n) is 2.70. The number of ether oxygens (including phenoxy) is 2. The number of hydrogen-bond donors (Lipinski definition) is 1. The molecule has 1 aromatic carbocycles. The van der Waals surface area contributed by atoms with Crippen LogP contribution in [-0.4, -0.2) is 38.4 Å². The Morgan fingerprint density at radius 1 is 1.26 bits per heavy atom. The second-order valence-electron chi connectivity index (χ2n) is 4.33. The van der Waals surface area contributed by atoms with Crippen LogP contribution in [0.1, 0.15) is 18.1 Å². The van der Waals surface area contributed by atoms with Crippen LogP contribution in [0.15, 0.2) is 18.2 Å². The molecule has 0 saturated heterocycles. The average molecular weight is 283 g/mol. The summed E-state index contributed by atoms with van der Waals surface area (Å²) in [6, 6.07) is 6.35. The van der Waals surface area contributed by atoms with E-state index in [1.165, 1.54) is 11.1 Å². The first-order chi connectivity index (χ1) is 9.27. The van der Waals surface area contributed by atoms with Crippen molar-refractivity contribution in [3.8, 4) is 5.75 Å².